The molecule has 19 heavy (non-hydrogen) atoms. The molecule has 0 aromatic heterocycles. The first-order valence-corrected chi connectivity index (χ1v) is 8.64. The van der Waals surface area contributed by atoms with E-state index < -0.39 is 0 Å². The van der Waals surface area contributed by atoms with Crippen LogP contribution >= 0.6 is 0 Å². The first-order valence-electron chi connectivity index (χ1n) is 8.64. The first kappa shape index (κ1) is 21.0. The predicted octanol–water partition coefficient (Wildman–Crippen LogP) is 7.39. The van der Waals surface area contributed by atoms with Crippen molar-refractivity contribution in [3.63, 3.8) is 0 Å². The van der Waals surface area contributed by atoms with E-state index in [4.69, 9.17) is 0 Å². The molecule has 0 spiro atoms. The summed E-state index contributed by atoms with van der Waals surface area (Å²) in [6, 6.07) is 0. The number of unbranched alkanes of at least 4 members (excludes halogenated alkanes) is 2. The molecule has 0 aromatic carbocycles. The predicted molar refractivity (Wildman–Crippen MR) is 91.7 cm³/mol. The van der Waals surface area contributed by atoms with Gasteiger partial charge in [-0.15, -0.1) is 0 Å². The number of allylic oxidation sites excluding steroid dienone is 1. The molecular formula is C19H40. The third-order valence-electron chi connectivity index (χ3n) is 4.05. The third kappa shape index (κ3) is 17.7. The molecule has 1 aliphatic carbocycles. The van der Waals surface area contributed by atoms with Crippen molar-refractivity contribution < 1.29 is 0 Å². The largest absolute Gasteiger partial charge is 0.0999 e. The van der Waals surface area contributed by atoms with Crippen molar-refractivity contribution in [2.24, 2.45) is 11.8 Å². The third-order valence-corrected chi connectivity index (χ3v) is 4.05. The van der Waals surface area contributed by atoms with Crippen LogP contribution in [0.25, 0.3) is 0 Å². The van der Waals surface area contributed by atoms with Crippen LogP contribution in [0.2, 0.25) is 0 Å². The van der Waals surface area contributed by atoms with Crippen LogP contribution in [0, 0.1) is 11.8 Å². The van der Waals surface area contributed by atoms with Crippen molar-refractivity contribution in [1.29, 1.82) is 0 Å². The Morgan fingerprint density at radius 1 is 1.05 bits per heavy atom. The molecule has 1 atom stereocenters. The molecule has 0 amide bonds. The van der Waals surface area contributed by atoms with Crippen LogP contribution in [0.5, 0.6) is 0 Å². The van der Waals surface area contributed by atoms with Crippen molar-refractivity contribution in [1.82, 2.24) is 0 Å². The molecule has 116 valence electrons. The van der Waals surface area contributed by atoms with E-state index in [9.17, 15) is 0 Å². The Hall–Kier alpha value is -0.260. The van der Waals surface area contributed by atoms with E-state index in [1.807, 2.05) is 0 Å². The van der Waals surface area contributed by atoms with Gasteiger partial charge in [0.2, 0.25) is 0 Å². The molecule has 1 aliphatic rings. The lowest BCUT2D eigenvalue weighted by molar-refractivity contribution is 0.385. The molecule has 1 saturated carbocycles. The highest BCUT2D eigenvalue weighted by atomic mass is 14.1. The van der Waals surface area contributed by atoms with Crippen molar-refractivity contribution in [2.45, 2.75) is 99.3 Å². The van der Waals surface area contributed by atoms with Gasteiger partial charge in [-0.25, -0.2) is 0 Å². The zero-order valence-electron chi connectivity index (χ0n) is 14.7. The molecule has 0 heteroatoms. The van der Waals surface area contributed by atoms with Gasteiger partial charge >= 0.3 is 0 Å². The van der Waals surface area contributed by atoms with Gasteiger partial charge in [-0.3, -0.25) is 0 Å². The molecular weight excluding hydrogens is 228 g/mol. The van der Waals surface area contributed by atoms with E-state index >= 15 is 0 Å². The monoisotopic (exact) mass is 268 g/mol. The summed E-state index contributed by atoms with van der Waals surface area (Å²) in [7, 11) is 0. The summed E-state index contributed by atoms with van der Waals surface area (Å²) in [5.74, 6) is 1.74. The summed E-state index contributed by atoms with van der Waals surface area (Å²) < 4.78 is 0. The summed E-state index contributed by atoms with van der Waals surface area (Å²) in [5, 5.41) is 0. The standard InChI is InChI=1S/2C7H14.C5H12/c1-7-5-3-2-4-6-7;1-5-7(4)6(2)3;1-3-5-4-2/h7H,2-6H2,1H3;7H,2,5H2,1,3-4H3;3-5H2,1-2H3. The fraction of sp³-hybridized carbons (Fsp3) is 0.895. The van der Waals surface area contributed by atoms with Gasteiger partial charge in [0.1, 0.15) is 0 Å². The fourth-order valence-corrected chi connectivity index (χ4v) is 2.01. The van der Waals surface area contributed by atoms with E-state index in [1.54, 1.807) is 0 Å². The number of hydrogen-bond donors (Lipinski definition) is 0. The van der Waals surface area contributed by atoms with E-state index in [0.29, 0.717) is 5.92 Å². The molecule has 0 nitrogen and oxygen atoms in total. The van der Waals surface area contributed by atoms with Gasteiger partial charge in [0, 0.05) is 0 Å². The number of hydrogen-bond acceptors (Lipinski definition) is 0. The maximum atomic E-state index is 3.83. The SMILES string of the molecule is C=C(C)C(C)CC.CC1CCCCC1.CCCCC. The minimum Gasteiger partial charge on any atom is -0.0999 e. The average molecular weight is 269 g/mol. The lowest BCUT2D eigenvalue weighted by Gasteiger charge is -2.15. The molecule has 1 rings (SSSR count). The van der Waals surface area contributed by atoms with E-state index in [-0.39, 0.29) is 0 Å². The highest BCUT2D eigenvalue weighted by molar-refractivity contribution is 4.92. The van der Waals surface area contributed by atoms with Crippen LogP contribution in [-0.4, -0.2) is 0 Å². The molecule has 1 fully saturated rings. The van der Waals surface area contributed by atoms with E-state index in [1.165, 1.54) is 63.4 Å². The van der Waals surface area contributed by atoms with Gasteiger partial charge in [0.25, 0.3) is 0 Å². The second-order valence-corrected chi connectivity index (χ2v) is 6.25. The second kappa shape index (κ2) is 15.8. The van der Waals surface area contributed by atoms with Gasteiger partial charge in [0.05, 0.1) is 0 Å². The Morgan fingerprint density at radius 2 is 1.53 bits per heavy atom. The Balaban J connectivity index is 0. The average Bonchev–Trinajstić information content (AvgIpc) is 2.41. The molecule has 0 saturated heterocycles. The highest BCUT2D eigenvalue weighted by Crippen LogP contribution is 2.22. The minimum atomic E-state index is 0.708. The molecule has 0 N–H and O–H groups in total. The quantitative estimate of drug-likeness (QED) is 0.466. The molecule has 0 aromatic rings. The zero-order chi connectivity index (χ0) is 15.1. The lowest BCUT2D eigenvalue weighted by Crippen LogP contribution is -1.99. The Labute approximate surface area is 124 Å². The van der Waals surface area contributed by atoms with Crippen molar-refractivity contribution >= 4 is 0 Å². The maximum absolute atomic E-state index is 3.83. The summed E-state index contributed by atoms with van der Waals surface area (Å²) >= 11 is 0. The topological polar surface area (TPSA) is 0 Å². The Morgan fingerprint density at radius 3 is 1.63 bits per heavy atom. The van der Waals surface area contributed by atoms with Gasteiger partial charge in [-0.05, 0) is 25.2 Å². The molecule has 1 unspecified atom stereocenters. The van der Waals surface area contributed by atoms with Crippen LogP contribution in [0.3, 0.4) is 0 Å². The molecule has 0 radical (unpaired) electrons. The van der Waals surface area contributed by atoms with Crippen LogP contribution in [0.1, 0.15) is 99.3 Å². The van der Waals surface area contributed by atoms with Crippen LogP contribution in [-0.2, 0) is 0 Å². The van der Waals surface area contributed by atoms with Crippen molar-refractivity contribution in [2.75, 3.05) is 0 Å². The Kier molecular flexibility index (Phi) is 17.5. The number of rotatable bonds is 4. The van der Waals surface area contributed by atoms with E-state index in [0.717, 1.165) is 5.92 Å². The summed E-state index contributed by atoms with van der Waals surface area (Å²) in [6.45, 7) is 17.1. The maximum Gasteiger partial charge on any atom is -0.0240 e. The molecule has 0 bridgehead atoms. The zero-order valence-corrected chi connectivity index (χ0v) is 14.7. The van der Waals surface area contributed by atoms with E-state index in [2.05, 4.69) is 48.1 Å². The normalized spacial score (nSPS) is 16.5. The van der Waals surface area contributed by atoms with Gasteiger partial charge < -0.3 is 0 Å². The van der Waals surface area contributed by atoms with Gasteiger partial charge in [0.15, 0.2) is 0 Å². The van der Waals surface area contributed by atoms with Crippen molar-refractivity contribution in [3.05, 3.63) is 12.2 Å². The summed E-state index contributed by atoms with van der Waals surface area (Å²) in [4.78, 5) is 0. The van der Waals surface area contributed by atoms with Crippen LogP contribution in [0.15, 0.2) is 12.2 Å². The summed E-state index contributed by atoms with van der Waals surface area (Å²) in [6.07, 6.45) is 12.7. The van der Waals surface area contributed by atoms with Crippen molar-refractivity contribution in [3.8, 4) is 0 Å². The summed E-state index contributed by atoms with van der Waals surface area (Å²) in [5.41, 5.74) is 1.29. The minimum absolute atomic E-state index is 0.708. The first-order chi connectivity index (χ1) is 8.99. The molecule has 0 aliphatic heterocycles. The smallest absolute Gasteiger partial charge is 0.0240 e. The Bertz CT molecular complexity index is 172. The lowest BCUT2D eigenvalue weighted by atomic mass is 9.91. The fourth-order valence-electron chi connectivity index (χ4n) is 2.01. The second-order valence-electron chi connectivity index (χ2n) is 6.25. The van der Waals surface area contributed by atoms with Gasteiger partial charge in [-0.2, -0.15) is 0 Å². The van der Waals surface area contributed by atoms with Crippen LogP contribution in [0.4, 0.5) is 0 Å². The highest BCUT2D eigenvalue weighted by Gasteiger charge is 2.05. The van der Waals surface area contributed by atoms with Crippen LogP contribution < -0.4 is 0 Å². The molecule has 0 heterocycles. The van der Waals surface area contributed by atoms with Gasteiger partial charge in [-0.1, -0.05) is 98.1 Å².